The summed E-state index contributed by atoms with van der Waals surface area (Å²) in [5, 5.41) is 15.8. The van der Waals surface area contributed by atoms with Gasteiger partial charge in [-0.3, -0.25) is 4.79 Å². The van der Waals surface area contributed by atoms with Gasteiger partial charge in [-0.15, -0.1) is 0 Å². The number of fused-ring (bicyclic) bond motifs is 1. The molecular weight excluding hydrogens is 346 g/mol. The zero-order valence-corrected chi connectivity index (χ0v) is 16.2. The van der Waals surface area contributed by atoms with Crippen LogP contribution in [0.25, 0.3) is 0 Å². The van der Waals surface area contributed by atoms with E-state index in [2.05, 4.69) is 10.6 Å². The molecule has 3 rings (SSSR count). The number of aliphatic hydroxyl groups excluding tert-OH is 1. The maximum Gasteiger partial charge on any atom is 0.407 e. The van der Waals surface area contributed by atoms with Gasteiger partial charge in [-0.05, 0) is 63.3 Å². The molecule has 0 spiro atoms. The Morgan fingerprint density at radius 3 is 2.74 bits per heavy atom. The van der Waals surface area contributed by atoms with Crippen LogP contribution in [0, 0.1) is 5.92 Å². The quantitative estimate of drug-likeness (QED) is 0.680. The number of nitrogens with zero attached hydrogens (tertiary/aromatic N) is 1. The fourth-order valence-corrected chi connectivity index (χ4v) is 3.08. The Balaban J connectivity index is 1.47. The van der Waals surface area contributed by atoms with E-state index in [1.807, 2.05) is 23.1 Å². The maximum atomic E-state index is 12.2. The molecule has 2 aliphatic rings. The summed E-state index contributed by atoms with van der Waals surface area (Å²) in [4.78, 5) is 25.7. The highest BCUT2D eigenvalue weighted by Gasteiger charge is 2.32. The molecule has 2 amide bonds. The number of ether oxygens (including phenoxy) is 1. The van der Waals surface area contributed by atoms with E-state index in [0.717, 1.165) is 23.5 Å². The number of aliphatic hydroxyl groups is 1. The van der Waals surface area contributed by atoms with Crippen LogP contribution < -0.4 is 15.5 Å². The van der Waals surface area contributed by atoms with E-state index >= 15 is 0 Å². The molecule has 1 aliphatic heterocycles. The average molecular weight is 375 g/mol. The summed E-state index contributed by atoms with van der Waals surface area (Å²) in [6, 6.07) is 5.86. The Morgan fingerprint density at radius 2 is 2.07 bits per heavy atom. The number of nitrogens with one attached hydrogen (secondary N) is 2. The Bertz CT molecular complexity index is 710. The standard InChI is InChI=1S/C20H29N3O4/c1-20(2,3)27-19(26)22-11-16(24)10-21-15-6-7-17-14(8-15)9-18(25)23(17)12-13-4-5-13/h6-8,13,16,21,24H,4-5,9-12H2,1-3H3,(H,22,26)/t16-/m1/s1. The summed E-state index contributed by atoms with van der Waals surface area (Å²) in [6.07, 6.45) is 1.56. The van der Waals surface area contributed by atoms with Gasteiger partial charge in [0.15, 0.2) is 0 Å². The topological polar surface area (TPSA) is 90.9 Å². The van der Waals surface area contributed by atoms with E-state index in [9.17, 15) is 14.7 Å². The van der Waals surface area contributed by atoms with Gasteiger partial charge < -0.3 is 25.4 Å². The number of anilines is 2. The molecule has 1 saturated carbocycles. The molecule has 0 radical (unpaired) electrons. The highest BCUT2D eigenvalue weighted by Crippen LogP contribution is 2.36. The summed E-state index contributed by atoms with van der Waals surface area (Å²) in [6.45, 7) is 6.57. The first-order chi connectivity index (χ1) is 12.7. The van der Waals surface area contributed by atoms with E-state index in [4.69, 9.17) is 4.74 Å². The van der Waals surface area contributed by atoms with Crippen molar-refractivity contribution in [1.82, 2.24) is 5.32 Å². The molecule has 7 nitrogen and oxygen atoms in total. The molecule has 0 bridgehead atoms. The van der Waals surface area contributed by atoms with Crippen molar-refractivity contribution in [3.63, 3.8) is 0 Å². The number of benzene rings is 1. The van der Waals surface area contributed by atoms with E-state index < -0.39 is 17.8 Å². The van der Waals surface area contributed by atoms with Crippen LogP contribution in [0.5, 0.6) is 0 Å². The van der Waals surface area contributed by atoms with Crippen molar-refractivity contribution in [2.45, 2.75) is 51.7 Å². The normalized spacial score (nSPS) is 17.5. The largest absolute Gasteiger partial charge is 0.444 e. The van der Waals surface area contributed by atoms with Crippen molar-refractivity contribution < 1.29 is 19.4 Å². The molecule has 148 valence electrons. The van der Waals surface area contributed by atoms with E-state index in [1.54, 1.807) is 20.8 Å². The molecule has 0 saturated heterocycles. The second-order valence-corrected chi connectivity index (χ2v) is 8.39. The number of rotatable bonds is 7. The van der Waals surface area contributed by atoms with Crippen LogP contribution in [0.4, 0.5) is 16.2 Å². The van der Waals surface area contributed by atoms with Crippen LogP contribution in [0.15, 0.2) is 18.2 Å². The van der Waals surface area contributed by atoms with Crippen LogP contribution in [-0.4, -0.2) is 48.4 Å². The minimum atomic E-state index is -0.751. The van der Waals surface area contributed by atoms with Crippen molar-refractivity contribution in [1.29, 1.82) is 0 Å². The van der Waals surface area contributed by atoms with Crippen molar-refractivity contribution in [3.05, 3.63) is 23.8 Å². The van der Waals surface area contributed by atoms with Crippen molar-refractivity contribution >= 4 is 23.4 Å². The summed E-state index contributed by atoms with van der Waals surface area (Å²) in [5.74, 6) is 0.820. The smallest absolute Gasteiger partial charge is 0.407 e. The lowest BCUT2D eigenvalue weighted by Gasteiger charge is -2.21. The lowest BCUT2D eigenvalue weighted by Crippen LogP contribution is -2.39. The summed E-state index contributed by atoms with van der Waals surface area (Å²) < 4.78 is 5.14. The lowest BCUT2D eigenvalue weighted by atomic mass is 10.1. The lowest BCUT2D eigenvalue weighted by molar-refractivity contribution is -0.117. The first kappa shape index (κ1) is 19.5. The summed E-state index contributed by atoms with van der Waals surface area (Å²) in [5.41, 5.74) is 2.31. The number of carbonyl (C=O) groups excluding carboxylic acids is 2. The van der Waals surface area contributed by atoms with E-state index in [-0.39, 0.29) is 19.0 Å². The van der Waals surface area contributed by atoms with Gasteiger partial charge in [0.25, 0.3) is 0 Å². The van der Waals surface area contributed by atoms with Crippen LogP contribution in [-0.2, 0) is 16.0 Å². The third-order valence-corrected chi connectivity index (χ3v) is 4.57. The fraction of sp³-hybridized carbons (Fsp3) is 0.600. The maximum absolute atomic E-state index is 12.2. The highest BCUT2D eigenvalue weighted by molar-refractivity contribution is 6.01. The van der Waals surface area contributed by atoms with Crippen LogP contribution in [0.3, 0.4) is 0 Å². The monoisotopic (exact) mass is 375 g/mol. The number of amides is 2. The van der Waals surface area contributed by atoms with Gasteiger partial charge in [0.1, 0.15) is 5.60 Å². The molecular formula is C20H29N3O4. The Kier molecular flexibility index (Phi) is 5.60. The molecule has 0 aromatic heterocycles. The fourth-order valence-electron chi connectivity index (χ4n) is 3.08. The van der Waals surface area contributed by atoms with Crippen molar-refractivity contribution in [2.75, 3.05) is 29.9 Å². The van der Waals surface area contributed by atoms with Crippen LogP contribution in [0.2, 0.25) is 0 Å². The first-order valence-corrected chi connectivity index (χ1v) is 9.53. The SMILES string of the molecule is CC(C)(C)OC(=O)NC[C@H](O)CNc1ccc2c(c1)CC(=O)N2CC1CC1. The second kappa shape index (κ2) is 7.76. The van der Waals surface area contributed by atoms with Gasteiger partial charge in [-0.2, -0.15) is 0 Å². The number of alkyl carbamates (subject to hydrolysis) is 1. The van der Waals surface area contributed by atoms with Gasteiger partial charge in [-0.25, -0.2) is 4.79 Å². The number of carbonyl (C=O) groups is 2. The zero-order valence-electron chi connectivity index (χ0n) is 16.2. The van der Waals surface area contributed by atoms with Crippen LogP contribution in [0.1, 0.15) is 39.2 Å². The van der Waals surface area contributed by atoms with Gasteiger partial charge in [0.2, 0.25) is 5.91 Å². The molecule has 0 unspecified atom stereocenters. The Morgan fingerprint density at radius 1 is 1.33 bits per heavy atom. The predicted molar refractivity (Wildman–Crippen MR) is 104 cm³/mol. The molecule has 3 N–H and O–H groups in total. The third-order valence-electron chi connectivity index (χ3n) is 4.57. The molecule has 1 aliphatic carbocycles. The molecule has 1 atom stereocenters. The zero-order chi connectivity index (χ0) is 19.6. The molecule has 1 aromatic carbocycles. The summed E-state index contributed by atoms with van der Waals surface area (Å²) in [7, 11) is 0. The highest BCUT2D eigenvalue weighted by atomic mass is 16.6. The molecule has 7 heteroatoms. The minimum Gasteiger partial charge on any atom is -0.444 e. The van der Waals surface area contributed by atoms with Gasteiger partial charge >= 0.3 is 6.09 Å². The first-order valence-electron chi connectivity index (χ1n) is 9.53. The van der Waals surface area contributed by atoms with Gasteiger partial charge in [0, 0.05) is 31.0 Å². The second-order valence-electron chi connectivity index (χ2n) is 8.39. The van der Waals surface area contributed by atoms with Crippen molar-refractivity contribution in [3.8, 4) is 0 Å². The molecule has 1 fully saturated rings. The Hall–Kier alpha value is -2.28. The van der Waals surface area contributed by atoms with Gasteiger partial charge in [0.05, 0.1) is 12.5 Å². The van der Waals surface area contributed by atoms with E-state index in [0.29, 0.717) is 12.3 Å². The average Bonchev–Trinajstić information content (AvgIpc) is 3.33. The Labute approximate surface area is 160 Å². The van der Waals surface area contributed by atoms with Gasteiger partial charge in [-0.1, -0.05) is 0 Å². The molecule has 27 heavy (non-hydrogen) atoms. The van der Waals surface area contributed by atoms with E-state index in [1.165, 1.54) is 12.8 Å². The minimum absolute atomic E-state index is 0.0977. The third kappa shape index (κ3) is 5.60. The number of hydrogen-bond donors (Lipinski definition) is 3. The predicted octanol–water partition coefficient (Wildman–Crippen LogP) is 2.28. The molecule has 1 heterocycles. The molecule has 1 aromatic rings. The van der Waals surface area contributed by atoms with Crippen LogP contribution >= 0.6 is 0 Å². The van der Waals surface area contributed by atoms with Crippen molar-refractivity contribution in [2.24, 2.45) is 5.92 Å². The summed E-state index contributed by atoms with van der Waals surface area (Å²) >= 11 is 0. The number of hydrogen-bond acceptors (Lipinski definition) is 5.